The average Bonchev–Trinajstić information content (AvgIpc) is 2.48. The van der Waals surface area contributed by atoms with Gasteiger partial charge in [0.1, 0.15) is 0 Å². The maximum Gasteiger partial charge on any atom is 0.238 e. The molecule has 1 fully saturated rings. The normalized spacial score (nSPS) is 24.8. The van der Waals surface area contributed by atoms with Gasteiger partial charge in [-0.3, -0.25) is 9.80 Å². The van der Waals surface area contributed by atoms with Crippen molar-refractivity contribution in [3.8, 4) is 0 Å². The molecule has 0 aliphatic carbocycles. The lowest BCUT2D eigenvalue weighted by molar-refractivity contribution is -0.130. The molecule has 0 spiro atoms. The van der Waals surface area contributed by atoms with Crippen molar-refractivity contribution in [2.45, 2.75) is 33.2 Å². The summed E-state index contributed by atoms with van der Waals surface area (Å²) in [7, 11) is 0. The minimum Gasteiger partial charge on any atom is -0.330 e. The van der Waals surface area contributed by atoms with Gasteiger partial charge < -0.3 is 5.73 Å². The van der Waals surface area contributed by atoms with E-state index in [9.17, 15) is 4.79 Å². The zero-order valence-corrected chi connectivity index (χ0v) is 9.29. The van der Waals surface area contributed by atoms with Crippen LogP contribution < -0.4 is 11.2 Å². The molecule has 0 aromatic heterocycles. The summed E-state index contributed by atoms with van der Waals surface area (Å²) < 4.78 is 0. The van der Waals surface area contributed by atoms with Crippen LogP contribution in [0.25, 0.3) is 0 Å². The van der Waals surface area contributed by atoms with Gasteiger partial charge in [-0.2, -0.15) is 0 Å². The minimum atomic E-state index is 0.198. The number of hydrogen-bond donors (Lipinski definition) is 2. The highest BCUT2D eigenvalue weighted by Crippen LogP contribution is 2.15. The van der Waals surface area contributed by atoms with Gasteiger partial charge in [-0.15, -0.1) is 0 Å². The van der Waals surface area contributed by atoms with Crippen LogP contribution >= 0.6 is 0 Å². The van der Waals surface area contributed by atoms with Gasteiger partial charge in [0.25, 0.3) is 0 Å². The smallest absolute Gasteiger partial charge is 0.238 e. The first-order valence-electron chi connectivity index (χ1n) is 5.31. The quantitative estimate of drug-likeness (QED) is 0.686. The second-order valence-corrected chi connectivity index (χ2v) is 4.53. The van der Waals surface area contributed by atoms with Crippen molar-refractivity contribution in [3.05, 3.63) is 0 Å². The minimum absolute atomic E-state index is 0.198. The van der Waals surface area contributed by atoms with Gasteiger partial charge >= 0.3 is 0 Å². The van der Waals surface area contributed by atoms with E-state index in [2.05, 4.69) is 26.2 Å². The van der Waals surface area contributed by atoms with E-state index < -0.39 is 0 Å². The standard InChI is InChI=1S/C10H21N3O/c1-7(2)9-4-10(14)13(12-9)6-8(3)5-11/h7-9,12H,4-6,11H2,1-3H3. The lowest BCUT2D eigenvalue weighted by atomic mass is 10.0. The van der Waals surface area contributed by atoms with Crippen LogP contribution in [0.2, 0.25) is 0 Å². The summed E-state index contributed by atoms with van der Waals surface area (Å²) in [6, 6.07) is 0.299. The third-order valence-electron chi connectivity index (χ3n) is 2.72. The lowest BCUT2D eigenvalue weighted by Crippen LogP contribution is -2.42. The number of carbonyl (C=O) groups is 1. The topological polar surface area (TPSA) is 58.4 Å². The van der Waals surface area contributed by atoms with Gasteiger partial charge in [0.2, 0.25) is 5.91 Å². The van der Waals surface area contributed by atoms with Crippen LogP contribution in [0.5, 0.6) is 0 Å². The molecule has 0 aromatic rings. The van der Waals surface area contributed by atoms with Gasteiger partial charge in [-0.25, -0.2) is 5.43 Å². The monoisotopic (exact) mass is 199 g/mol. The number of rotatable bonds is 4. The fourth-order valence-corrected chi connectivity index (χ4v) is 1.54. The molecule has 82 valence electrons. The van der Waals surface area contributed by atoms with Gasteiger partial charge in [0.15, 0.2) is 0 Å². The Morgan fingerprint density at radius 2 is 2.21 bits per heavy atom. The molecule has 1 amide bonds. The van der Waals surface area contributed by atoms with Crippen LogP contribution in [0, 0.1) is 11.8 Å². The van der Waals surface area contributed by atoms with Gasteiger partial charge in [0, 0.05) is 19.0 Å². The molecule has 1 saturated heterocycles. The number of carbonyl (C=O) groups excluding carboxylic acids is 1. The Balaban J connectivity index is 2.44. The molecule has 14 heavy (non-hydrogen) atoms. The van der Waals surface area contributed by atoms with E-state index >= 15 is 0 Å². The maximum absolute atomic E-state index is 11.6. The van der Waals surface area contributed by atoms with Crippen molar-refractivity contribution < 1.29 is 4.79 Å². The van der Waals surface area contributed by atoms with E-state index in [1.165, 1.54) is 0 Å². The molecule has 2 unspecified atom stereocenters. The van der Waals surface area contributed by atoms with E-state index in [0.717, 1.165) is 6.54 Å². The summed E-state index contributed by atoms with van der Waals surface area (Å²) in [5, 5.41) is 1.72. The van der Waals surface area contributed by atoms with Crippen LogP contribution in [0.15, 0.2) is 0 Å². The third kappa shape index (κ3) is 2.69. The highest BCUT2D eigenvalue weighted by molar-refractivity contribution is 5.78. The van der Waals surface area contributed by atoms with E-state index in [0.29, 0.717) is 30.8 Å². The predicted molar refractivity (Wildman–Crippen MR) is 56.3 cm³/mol. The van der Waals surface area contributed by atoms with E-state index in [-0.39, 0.29) is 5.91 Å². The van der Waals surface area contributed by atoms with Crippen molar-refractivity contribution in [1.82, 2.24) is 10.4 Å². The molecule has 1 rings (SSSR count). The molecule has 1 aliphatic rings. The zero-order valence-electron chi connectivity index (χ0n) is 9.29. The SMILES string of the molecule is CC(CN)CN1NC(C(C)C)CC1=O. The maximum atomic E-state index is 11.6. The van der Waals surface area contributed by atoms with Gasteiger partial charge in [-0.05, 0) is 18.4 Å². The number of hydrogen-bond acceptors (Lipinski definition) is 3. The Kier molecular flexibility index (Phi) is 3.89. The van der Waals surface area contributed by atoms with Crippen LogP contribution in [-0.4, -0.2) is 30.0 Å². The third-order valence-corrected chi connectivity index (χ3v) is 2.72. The van der Waals surface area contributed by atoms with E-state index in [1.54, 1.807) is 5.01 Å². The first-order valence-corrected chi connectivity index (χ1v) is 5.31. The van der Waals surface area contributed by atoms with Crippen molar-refractivity contribution in [1.29, 1.82) is 0 Å². The summed E-state index contributed by atoms with van der Waals surface area (Å²) >= 11 is 0. The Morgan fingerprint density at radius 1 is 1.57 bits per heavy atom. The number of nitrogens with one attached hydrogen (secondary N) is 1. The predicted octanol–water partition coefficient (Wildman–Crippen LogP) is 0.343. The fraction of sp³-hybridized carbons (Fsp3) is 0.900. The molecular formula is C10H21N3O. The molecule has 0 aromatic carbocycles. The Labute approximate surface area is 85.8 Å². The Bertz CT molecular complexity index is 206. The number of hydrazine groups is 1. The highest BCUT2D eigenvalue weighted by Gasteiger charge is 2.31. The highest BCUT2D eigenvalue weighted by atomic mass is 16.2. The summed E-state index contributed by atoms with van der Waals surface area (Å²) in [6.45, 7) is 7.65. The molecule has 4 nitrogen and oxygen atoms in total. The van der Waals surface area contributed by atoms with Gasteiger partial charge in [0.05, 0.1) is 0 Å². The molecule has 4 heteroatoms. The van der Waals surface area contributed by atoms with E-state index in [1.807, 2.05) is 0 Å². The molecule has 2 atom stereocenters. The molecule has 0 bridgehead atoms. The molecule has 1 aliphatic heterocycles. The summed E-state index contributed by atoms with van der Waals surface area (Å²) in [6.07, 6.45) is 0.620. The molecular weight excluding hydrogens is 178 g/mol. The van der Waals surface area contributed by atoms with Crippen molar-refractivity contribution in [3.63, 3.8) is 0 Å². The summed E-state index contributed by atoms with van der Waals surface area (Å²) in [5.74, 6) is 1.05. The molecule has 1 heterocycles. The fourth-order valence-electron chi connectivity index (χ4n) is 1.54. The zero-order chi connectivity index (χ0) is 10.7. The van der Waals surface area contributed by atoms with Crippen LogP contribution in [0.3, 0.4) is 0 Å². The Morgan fingerprint density at radius 3 is 2.64 bits per heavy atom. The number of amides is 1. The Hall–Kier alpha value is -0.610. The molecule has 3 N–H and O–H groups in total. The average molecular weight is 199 g/mol. The van der Waals surface area contributed by atoms with E-state index in [4.69, 9.17) is 5.73 Å². The van der Waals surface area contributed by atoms with Crippen LogP contribution in [0.4, 0.5) is 0 Å². The number of nitrogens with two attached hydrogens (primary N) is 1. The summed E-state index contributed by atoms with van der Waals surface area (Å²) in [4.78, 5) is 11.6. The molecule has 0 radical (unpaired) electrons. The van der Waals surface area contributed by atoms with Crippen molar-refractivity contribution >= 4 is 5.91 Å². The second kappa shape index (κ2) is 4.75. The van der Waals surface area contributed by atoms with Crippen LogP contribution in [-0.2, 0) is 4.79 Å². The van der Waals surface area contributed by atoms with Crippen LogP contribution in [0.1, 0.15) is 27.2 Å². The lowest BCUT2D eigenvalue weighted by Gasteiger charge is -2.22. The first-order chi connectivity index (χ1) is 6.54. The largest absolute Gasteiger partial charge is 0.330 e. The summed E-state index contributed by atoms with van der Waals surface area (Å²) in [5.41, 5.74) is 8.76. The van der Waals surface area contributed by atoms with Crippen molar-refractivity contribution in [2.75, 3.05) is 13.1 Å². The van der Waals surface area contributed by atoms with Crippen molar-refractivity contribution in [2.24, 2.45) is 17.6 Å². The second-order valence-electron chi connectivity index (χ2n) is 4.53. The van der Waals surface area contributed by atoms with Gasteiger partial charge in [-0.1, -0.05) is 20.8 Å². The number of nitrogens with zero attached hydrogens (tertiary/aromatic N) is 1. The molecule has 0 saturated carbocycles. The first kappa shape index (κ1) is 11.5.